The number of likely N-dealkylation sites (tertiary alicyclic amines) is 5. The Labute approximate surface area is 308 Å². The lowest BCUT2D eigenvalue weighted by Crippen LogP contribution is -2.57. The Balaban J connectivity index is 0.918. The molecule has 0 bridgehead atoms. The van der Waals surface area contributed by atoms with Gasteiger partial charge in [0.25, 0.3) is 0 Å². The van der Waals surface area contributed by atoms with E-state index in [1.807, 2.05) is 24.3 Å². The van der Waals surface area contributed by atoms with Crippen molar-refractivity contribution in [1.29, 1.82) is 0 Å². The Morgan fingerprint density at radius 2 is 0.849 bits per heavy atom. The number of carbonyl (C=O) groups excluding carboxylic acids is 5. The predicted molar refractivity (Wildman–Crippen MR) is 191 cm³/mol. The summed E-state index contributed by atoms with van der Waals surface area (Å²) in [7, 11) is 0. The number of carbonyl (C=O) groups is 6. The van der Waals surface area contributed by atoms with Crippen molar-refractivity contribution < 1.29 is 38.6 Å². The molecule has 8 rings (SSSR count). The summed E-state index contributed by atoms with van der Waals surface area (Å²) in [6, 6.07) is 12.4. The first kappa shape index (κ1) is 35.1. The molecule has 1 aliphatic carbocycles. The van der Waals surface area contributed by atoms with Gasteiger partial charge in [0.05, 0.1) is 0 Å². The average Bonchev–Trinajstić information content (AvgIpc) is 4.03. The number of nitrogens with zero attached hydrogens (tertiary/aromatic N) is 5. The number of hydrogen-bond donors (Lipinski definition) is 1. The van der Waals surface area contributed by atoms with Crippen molar-refractivity contribution >= 4 is 35.7 Å². The van der Waals surface area contributed by atoms with E-state index in [2.05, 4.69) is 24.3 Å². The van der Waals surface area contributed by atoms with Crippen LogP contribution in [-0.4, -0.2) is 135 Å². The molecule has 5 saturated heterocycles. The Morgan fingerprint density at radius 1 is 0.509 bits per heavy atom. The maximum atomic E-state index is 14.2. The van der Waals surface area contributed by atoms with Gasteiger partial charge in [-0.15, -0.1) is 0 Å². The average molecular weight is 726 g/mol. The molecule has 13 nitrogen and oxygen atoms in total. The molecule has 280 valence electrons. The van der Waals surface area contributed by atoms with Gasteiger partial charge in [0.1, 0.15) is 36.8 Å². The minimum Gasteiger partial charge on any atom is -0.480 e. The van der Waals surface area contributed by atoms with Crippen molar-refractivity contribution in [2.45, 2.75) is 100 Å². The van der Waals surface area contributed by atoms with E-state index in [0.29, 0.717) is 96.9 Å². The quantitative estimate of drug-likeness (QED) is 0.457. The molecule has 53 heavy (non-hydrogen) atoms. The molecule has 0 aromatic heterocycles. The van der Waals surface area contributed by atoms with Gasteiger partial charge >= 0.3 is 12.1 Å². The number of amides is 5. The van der Waals surface area contributed by atoms with Crippen LogP contribution in [0.25, 0.3) is 11.1 Å². The standard InChI is InChI=1S/C40H47N5O8/c46-35(42-20-7-16-32(42)37(48)44-22-9-18-34(44)39(50)51)30-14-5-19-41(30)36(47)31-15-6-21-43(31)38(49)33-17-8-23-45(33)40(52)53-24-29-27-12-3-1-10-25(27)26-11-2-4-13-28(26)29/h1-4,10-13,29-34H,5-9,14-24H2,(H,50,51). The minimum atomic E-state index is -1.03. The molecule has 0 saturated carbocycles. The van der Waals surface area contributed by atoms with Gasteiger partial charge in [0.2, 0.25) is 23.6 Å². The molecule has 5 heterocycles. The van der Waals surface area contributed by atoms with E-state index in [1.54, 1.807) is 14.7 Å². The first-order chi connectivity index (χ1) is 25.7. The highest BCUT2D eigenvalue weighted by Crippen LogP contribution is 2.44. The first-order valence-electron chi connectivity index (χ1n) is 19.3. The second kappa shape index (κ2) is 14.5. The molecule has 1 N–H and O–H groups in total. The lowest BCUT2D eigenvalue weighted by molar-refractivity contribution is -0.154. The summed E-state index contributed by atoms with van der Waals surface area (Å²) in [5.41, 5.74) is 4.49. The molecule has 5 amide bonds. The maximum Gasteiger partial charge on any atom is 0.410 e. The van der Waals surface area contributed by atoms with E-state index in [0.717, 1.165) is 22.3 Å². The highest BCUT2D eigenvalue weighted by molar-refractivity contribution is 5.97. The number of carboxylic acid groups (broad SMARTS) is 1. The minimum absolute atomic E-state index is 0.101. The molecule has 5 fully saturated rings. The van der Waals surface area contributed by atoms with E-state index in [9.17, 15) is 33.9 Å². The van der Waals surface area contributed by atoms with Crippen LogP contribution < -0.4 is 0 Å². The van der Waals surface area contributed by atoms with Crippen LogP contribution in [-0.2, 0) is 28.7 Å². The molecule has 6 aliphatic rings. The Bertz CT molecular complexity index is 1770. The highest BCUT2D eigenvalue weighted by atomic mass is 16.6. The SMILES string of the molecule is O=C(O)C1CCCN1C(=O)C1CCCN1C(=O)C1CCCN1C(=O)C1CCCN1C(=O)C1CCCN1C(=O)OCC1c2ccccc2-c2ccccc21. The number of ether oxygens (including phenoxy) is 1. The fraction of sp³-hybridized carbons (Fsp3) is 0.550. The number of hydrogen-bond acceptors (Lipinski definition) is 7. The molecule has 0 radical (unpaired) electrons. The molecular weight excluding hydrogens is 678 g/mol. The third-order valence-electron chi connectivity index (χ3n) is 12.4. The monoisotopic (exact) mass is 725 g/mol. The second-order valence-corrected chi connectivity index (χ2v) is 15.3. The maximum absolute atomic E-state index is 14.2. The lowest BCUT2D eigenvalue weighted by atomic mass is 9.98. The predicted octanol–water partition coefficient (Wildman–Crippen LogP) is 3.45. The second-order valence-electron chi connectivity index (χ2n) is 15.3. The summed E-state index contributed by atoms with van der Waals surface area (Å²) in [5.74, 6) is -2.29. The molecule has 5 aliphatic heterocycles. The van der Waals surface area contributed by atoms with Gasteiger partial charge in [-0.05, 0) is 86.5 Å². The van der Waals surface area contributed by atoms with Crippen molar-refractivity contribution in [1.82, 2.24) is 24.5 Å². The van der Waals surface area contributed by atoms with Crippen LogP contribution in [0, 0.1) is 0 Å². The third kappa shape index (κ3) is 6.21. The Morgan fingerprint density at radius 3 is 1.26 bits per heavy atom. The van der Waals surface area contributed by atoms with E-state index >= 15 is 0 Å². The summed E-state index contributed by atoms with van der Waals surface area (Å²) in [6.07, 6.45) is 4.87. The zero-order chi connectivity index (χ0) is 36.8. The Kier molecular flexibility index (Phi) is 9.59. The zero-order valence-corrected chi connectivity index (χ0v) is 29.9. The van der Waals surface area contributed by atoms with Gasteiger partial charge in [0.15, 0.2) is 0 Å². The van der Waals surface area contributed by atoms with Crippen LogP contribution in [0.5, 0.6) is 0 Å². The Hall–Kier alpha value is -4.94. The first-order valence-corrected chi connectivity index (χ1v) is 19.3. The van der Waals surface area contributed by atoms with Crippen molar-refractivity contribution in [3.63, 3.8) is 0 Å². The van der Waals surface area contributed by atoms with E-state index in [-0.39, 0.29) is 36.2 Å². The van der Waals surface area contributed by atoms with Gasteiger partial charge in [-0.2, -0.15) is 0 Å². The molecule has 0 spiro atoms. The van der Waals surface area contributed by atoms with Crippen LogP contribution in [0.3, 0.4) is 0 Å². The number of carboxylic acids is 1. The number of rotatable bonds is 7. The molecule has 5 unspecified atom stereocenters. The van der Waals surface area contributed by atoms with Crippen molar-refractivity contribution in [2.24, 2.45) is 0 Å². The number of fused-ring (bicyclic) bond motifs is 3. The molecular formula is C40H47N5O8. The molecule has 13 heteroatoms. The lowest BCUT2D eigenvalue weighted by Gasteiger charge is -2.36. The van der Waals surface area contributed by atoms with Crippen LogP contribution in [0.2, 0.25) is 0 Å². The molecule has 2 aromatic carbocycles. The van der Waals surface area contributed by atoms with E-state index in [1.165, 1.54) is 9.80 Å². The molecule has 2 aromatic rings. The van der Waals surface area contributed by atoms with Crippen molar-refractivity contribution in [2.75, 3.05) is 39.3 Å². The smallest absolute Gasteiger partial charge is 0.410 e. The highest BCUT2D eigenvalue weighted by Gasteiger charge is 2.49. The van der Waals surface area contributed by atoms with Crippen LogP contribution in [0.15, 0.2) is 48.5 Å². The fourth-order valence-corrected chi connectivity index (χ4v) is 9.83. The summed E-state index contributed by atoms with van der Waals surface area (Å²) in [5, 5.41) is 9.65. The summed E-state index contributed by atoms with van der Waals surface area (Å²) < 4.78 is 5.93. The van der Waals surface area contributed by atoms with E-state index < -0.39 is 42.3 Å². The van der Waals surface area contributed by atoms with Crippen LogP contribution in [0.4, 0.5) is 4.79 Å². The van der Waals surface area contributed by atoms with Gasteiger partial charge in [0, 0.05) is 38.6 Å². The fourth-order valence-electron chi connectivity index (χ4n) is 9.83. The zero-order valence-electron chi connectivity index (χ0n) is 29.9. The summed E-state index contributed by atoms with van der Waals surface area (Å²) >= 11 is 0. The topological polar surface area (TPSA) is 148 Å². The normalized spacial score (nSPS) is 26.6. The van der Waals surface area contributed by atoms with Gasteiger partial charge < -0.3 is 29.4 Å². The van der Waals surface area contributed by atoms with Crippen molar-refractivity contribution in [3.8, 4) is 11.1 Å². The summed E-state index contributed by atoms with van der Waals surface area (Å²) in [4.78, 5) is 89.0. The van der Waals surface area contributed by atoms with Gasteiger partial charge in [-0.3, -0.25) is 24.1 Å². The number of benzene rings is 2. The molecule has 5 atom stereocenters. The number of aliphatic carboxylic acids is 1. The van der Waals surface area contributed by atoms with E-state index in [4.69, 9.17) is 4.74 Å². The van der Waals surface area contributed by atoms with Gasteiger partial charge in [-0.1, -0.05) is 48.5 Å². The summed E-state index contributed by atoms with van der Waals surface area (Å²) in [6.45, 7) is 2.04. The van der Waals surface area contributed by atoms with Crippen LogP contribution >= 0.6 is 0 Å². The largest absolute Gasteiger partial charge is 0.480 e. The third-order valence-corrected chi connectivity index (χ3v) is 12.4. The van der Waals surface area contributed by atoms with Crippen molar-refractivity contribution in [3.05, 3.63) is 59.7 Å². The van der Waals surface area contributed by atoms with Gasteiger partial charge in [-0.25, -0.2) is 9.59 Å². The van der Waals surface area contributed by atoms with Crippen LogP contribution in [0.1, 0.15) is 81.3 Å².